The summed E-state index contributed by atoms with van der Waals surface area (Å²) in [6.45, 7) is 0. The minimum Gasteiger partial charge on any atom is -0.497 e. The van der Waals surface area contributed by atoms with Crippen LogP contribution >= 0.6 is 0 Å². The van der Waals surface area contributed by atoms with E-state index in [1.807, 2.05) is 12.1 Å². The van der Waals surface area contributed by atoms with Crippen molar-refractivity contribution in [2.45, 2.75) is 12.3 Å². The zero-order valence-electron chi connectivity index (χ0n) is 9.36. The molecule has 0 fully saturated rings. The number of carbonyl (C=O) groups is 1. The molecule has 0 aromatic heterocycles. The number of rotatable bonds is 4. The maximum atomic E-state index is 11.2. The third-order valence-corrected chi connectivity index (χ3v) is 2.32. The molecule has 0 radical (unpaired) electrons. The lowest BCUT2D eigenvalue weighted by atomic mass is 9.97. The van der Waals surface area contributed by atoms with Crippen molar-refractivity contribution in [3.63, 3.8) is 0 Å². The summed E-state index contributed by atoms with van der Waals surface area (Å²) in [5, 5.41) is 11.5. The van der Waals surface area contributed by atoms with Gasteiger partial charge in [0.15, 0.2) is 0 Å². The third kappa shape index (κ3) is 2.99. The first-order valence-electron chi connectivity index (χ1n) is 4.95. The quantitative estimate of drug-likeness (QED) is 0.831. The maximum absolute atomic E-state index is 11.2. The molecular weight excluding hydrogens is 204 g/mol. The van der Waals surface area contributed by atoms with E-state index in [9.17, 15) is 4.79 Å². The summed E-state index contributed by atoms with van der Waals surface area (Å²) in [5.41, 5.74) is 0.797. The van der Waals surface area contributed by atoms with E-state index in [1.165, 1.54) is 0 Å². The summed E-state index contributed by atoms with van der Waals surface area (Å²) in [5.74, 6) is 0.110. The Morgan fingerprint density at radius 3 is 2.94 bits per heavy atom. The molecule has 0 bridgehead atoms. The summed E-state index contributed by atoms with van der Waals surface area (Å²) < 4.78 is 5.07. The van der Waals surface area contributed by atoms with Crippen molar-refractivity contribution < 1.29 is 9.53 Å². The Hall–Kier alpha value is -2.02. The van der Waals surface area contributed by atoms with Gasteiger partial charge in [0, 0.05) is 13.5 Å². The summed E-state index contributed by atoms with van der Waals surface area (Å²) in [7, 11) is 3.13. The van der Waals surface area contributed by atoms with Crippen LogP contribution in [0.1, 0.15) is 17.9 Å². The average molecular weight is 218 g/mol. The van der Waals surface area contributed by atoms with E-state index in [0.29, 0.717) is 5.75 Å². The molecule has 0 aliphatic carbocycles. The van der Waals surface area contributed by atoms with Crippen molar-refractivity contribution >= 4 is 5.91 Å². The third-order valence-electron chi connectivity index (χ3n) is 2.32. The smallest absolute Gasteiger partial charge is 0.221 e. The molecule has 16 heavy (non-hydrogen) atoms. The molecule has 0 saturated carbocycles. The van der Waals surface area contributed by atoms with Crippen molar-refractivity contribution in [2.24, 2.45) is 0 Å². The van der Waals surface area contributed by atoms with Crippen LogP contribution in [-0.2, 0) is 4.79 Å². The van der Waals surface area contributed by atoms with Gasteiger partial charge >= 0.3 is 0 Å². The van der Waals surface area contributed by atoms with Gasteiger partial charge in [-0.25, -0.2) is 0 Å². The van der Waals surface area contributed by atoms with Crippen LogP contribution in [0, 0.1) is 11.3 Å². The molecule has 4 heteroatoms. The van der Waals surface area contributed by atoms with E-state index < -0.39 is 5.92 Å². The second-order valence-electron chi connectivity index (χ2n) is 3.34. The average Bonchev–Trinajstić information content (AvgIpc) is 2.35. The van der Waals surface area contributed by atoms with Crippen molar-refractivity contribution in [1.82, 2.24) is 5.32 Å². The van der Waals surface area contributed by atoms with E-state index in [4.69, 9.17) is 10.00 Å². The lowest BCUT2D eigenvalue weighted by Crippen LogP contribution is -2.20. The lowest BCUT2D eigenvalue weighted by molar-refractivity contribution is -0.120. The van der Waals surface area contributed by atoms with E-state index in [1.54, 1.807) is 26.3 Å². The number of amides is 1. The number of benzene rings is 1. The van der Waals surface area contributed by atoms with Crippen LogP contribution < -0.4 is 10.1 Å². The van der Waals surface area contributed by atoms with Crippen LogP contribution in [0.2, 0.25) is 0 Å². The van der Waals surface area contributed by atoms with Gasteiger partial charge in [0.2, 0.25) is 5.91 Å². The zero-order chi connectivity index (χ0) is 12.0. The van der Waals surface area contributed by atoms with Gasteiger partial charge in [0.25, 0.3) is 0 Å². The van der Waals surface area contributed by atoms with Crippen LogP contribution in [0.25, 0.3) is 0 Å². The van der Waals surface area contributed by atoms with Crippen LogP contribution in [0.5, 0.6) is 5.75 Å². The summed E-state index contributed by atoms with van der Waals surface area (Å²) in [4.78, 5) is 11.2. The molecule has 1 aromatic rings. The van der Waals surface area contributed by atoms with Gasteiger partial charge in [-0.1, -0.05) is 12.1 Å². The maximum Gasteiger partial charge on any atom is 0.221 e. The second-order valence-corrected chi connectivity index (χ2v) is 3.34. The van der Waals surface area contributed by atoms with Crippen LogP contribution in [0.4, 0.5) is 0 Å². The largest absolute Gasteiger partial charge is 0.497 e. The van der Waals surface area contributed by atoms with Crippen molar-refractivity contribution in [2.75, 3.05) is 14.2 Å². The van der Waals surface area contributed by atoms with Crippen molar-refractivity contribution in [3.8, 4) is 11.8 Å². The fraction of sp³-hybridized carbons (Fsp3) is 0.333. The second kappa shape index (κ2) is 5.76. The standard InChI is InChI=1S/C12H14N2O2/c1-14-12(15)7-10(8-13)9-4-3-5-11(6-9)16-2/h3-6,10H,7H2,1-2H3,(H,14,15). The zero-order valence-corrected chi connectivity index (χ0v) is 9.36. The Kier molecular flexibility index (Phi) is 4.34. The molecule has 1 rings (SSSR count). The predicted molar refractivity (Wildman–Crippen MR) is 60.0 cm³/mol. The Balaban J connectivity index is 2.87. The lowest BCUT2D eigenvalue weighted by Gasteiger charge is -2.09. The van der Waals surface area contributed by atoms with Gasteiger partial charge in [-0.2, -0.15) is 5.26 Å². The summed E-state index contributed by atoms with van der Waals surface area (Å²) >= 11 is 0. The Bertz CT molecular complexity index is 410. The minimum absolute atomic E-state index is 0.144. The molecule has 0 saturated heterocycles. The SMILES string of the molecule is CNC(=O)CC(C#N)c1cccc(OC)c1. The topological polar surface area (TPSA) is 62.1 Å². The first-order chi connectivity index (χ1) is 7.71. The molecule has 1 atom stereocenters. The van der Waals surface area contributed by atoms with Gasteiger partial charge in [0.05, 0.1) is 19.1 Å². The monoisotopic (exact) mass is 218 g/mol. The molecule has 0 heterocycles. The Labute approximate surface area is 94.8 Å². The number of ether oxygens (including phenoxy) is 1. The van der Waals surface area contributed by atoms with E-state index in [-0.39, 0.29) is 12.3 Å². The molecule has 0 aliphatic heterocycles. The molecule has 1 amide bonds. The first-order valence-corrected chi connectivity index (χ1v) is 4.95. The molecule has 1 aromatic carbocycles. The molecule has 1 unspecified atom stereocenters. The van der Waals surface area contributed by atoms with Crippen molar-refractivity contribution in [1.29, 1.82) is 5.26 Å². The number of nitriles is 1. The van der Waals surface area contributed by atoms with Crippen LogP contribution in [0.3, 0.4) is 0 Å². The molecule has 0 spiro atoms. The molecule has 0 aliphatic rings. The normalized spacial score (nSPS) is 11.3. The highest BCUT2D eigenvalue weighted by atomic mass is 16.5. The number of hydrogen-bond donors (Lipinski definition) is 1. The number of nitrogens with one attached hydrogen (secondary N) is 1. The number of hydrogen-bond acceptors (Lipinski definition) is 3. The first kappa shape index (κ1) is 12.1. The number of nitrogens with zero attached hydrogens (tertiary/aromatic N) is 1. The number of carbonyl (C=O) groups excluding carboxylic acids is 1. The molecule has 84 valence electrons. The minimum atomic E-state index is -0.435. The highest BCUT2D eigenvalue weighted by Gasteiger charge is 2.14. The number of methoxy groups -OCH3 is 1. The predicted octanol–water partition coefficient (Wildman–Crippen LogP) is 1.44. The van der Waals surface area contributed by atoms with Gasteiger partial charge in [-0.05, 0) is 17.7 Å². The molecule has 4 nitrogen and oxygen atoms in total. The van der Waals surface area contributed by atoms with Gasteiger partial charge in [0.1, 0.15) is 5.75 Å². The van der Waals surface area contributed by atoms with Crippen LogP contribution in [-0.4, -0.2) is 20.1 Å². The molecular formula is C12H14N2O2. The van der Waals surface area contributed by atoms with Gasteiger partial charge in [-0.15, -0.1) is 0 Å². The highest BCUT2D eigenvalue weighted by molar-refractivity contribution is 5.77. The summed E-state index contributed by atoms with van der Waals surface area (Å²) in [6.07, 6.45) is 0.167. The Morgan fingerprint density at radius 2 is 2.38 bits per heavy atom. The van der Waals surface area contributed by atoms with Gasteiger partial charge in [-0.3, -0.25) is 4.79 Å². The van der Waals surface area contributed by atoms with Gasteiger partial charge < -0.3 is 10.1 Å². The van der Waals surface area contributed by atoms with Crippen LogP contribution in [0.15, 0.2) is 24.3 Å². The van der Waals surface area contributed by atoms with Crippen molar-refractivity contribution in [3.05, 3.63) is 29.8 Å². The highest BCUT2D eigenvalue weighted by Crippen LogP contribution is 2.22. The van der Waals surface area contributed by atoms with E-state index in [0.717, 1.165) is 5.56 Å². The Morgan fingerprint density at radius 1 is 1.62 bits per heavy atom. The summed E-state index contributed by atoms with van der Waals surface area (Å²) in [6, 6.07) is 9.32. The fourth-order valence-corrected chi connectivity index (χ4v) is 1.38. The van der Waals surface area contributed by atoms with E-state index >= 15 is 0 Å². The molecule has 1 N–H and O–H groups in total. The van der Waals surface area contributed by atoms with E-state index in [2.05, 4.69) is 11.4 Å². The fourth-order valence-electron chi connectivity index (χ4n) is 1.38.